The van der Waals surface area contributed by atoms with Gasteiger partial charge in [0.1, 0.15) is 0 Å². The Morgan fingerprint density at radius 2 is 1.71 bits per heavy atom. The van der Waals surface area contributed by atoms with Crippen molar-refractivity contribution in [3.05, 3.63) is 21.3 Å². The van der Waals surface area contributed by atoms with Gasteiger partial charge in [-0.3, -0.25) is 14.3 Å². The van der Waals surface area contributed by atoms with Gasteiger partial charge >= 0.3 is 32.7 Å². The fourth-order valence-corrected chi connectivity index (χ4v) is 2.33. The van der Waals surface area contributed by atoms with E-state index in [1.807, 2.05) is 0 Å². The Balaban J connectivity index is -0.000000980. The Labute approximate surface area is 129 Å². The average molecular weight is 340 g/mol. The molecule has 0 aromatic rings. The Morgan fingerprint density at radius 3 is 1.94 bits per heavy atom. The molecule has 0 saturated heterocycles. The predicted molar refractivity (Wildman–Crippen MR) is 61.6 cm³/mol. The quantitative estimate of drug-likeness (QED) is 0.420. The zero-order valence-electron chi connectivity index (χ0n) is 10.4. The van der Waals surface area contributed by atoms with Crippen molar-refractivity contribution < 1.29 is 51.1 Å². The molecule has 0 aliphatic heterocycles. The molecule has 0 aromatic heterocycles. The molecule has 0 atom stereocenters. The van der Waals surface area contributed by atoms with Gasteiger partial charge in [-0.15, -0.1) is 13.1 Å². The second-order valence-electron chi connectivity index (χ2n) is 3.36. The monoisotopic (exact) mass is 340 g/mol. The molecule has 0 bridgehead atoms. The van der Waals surface area contributed by atoms with Crippen LogP contribution in [0.25, 0.3) is 0 Å². The zero-order valence-corrected chi connectivity index (χ0v) is 14.1. The van der Waals surface area contributed by atoms with Crippen LogP contribution in [0.2, 0.25) is 0 Å². The summed E-state index contributed by atoms with van der Waals surface area (Å²) >= 11 is 0. The maximum Gasteiger partial charge on any atom is 3.00 e. The van der Waals surface area contributed by atoms with Gasteiger partial charge < -0.3 is 21.3 Å². The number of nitrogens with one attached hydrogen (secondary N) is 1. The summed E-state index contributed by atoms with van der Waals surface area (Å²) in [5, 5.41) is 8.45. The molecule has 1 amide bonds. The van der Waals surface area contributed by atoms with Crippen LogP contribution in [0.1, 0.15) is 13.8 Å². The van der Waals surface area contributed by atoms with Gasteiger partial charge in [0, 0.05) is 0 Å². The number of carbonyl (C=O) groups excluding carboxylic acids is 1. The third-order valence-corrected chi connectivity index (χ3v) is 4.65. The summed E-state index contributed by atoms with van der Waals surface area (Å²) in [6, 6.07) is 0. The van der Waals surface area contributed by atoms with Crippen molar-refractivity contribution >= 4 is 15.9 Å². The number of sulfonamides is 1. The van der Waals surface area contributed by atoms with Crippen molar-refractivity contribution in [1.29, 1.82) is 0 Å². The molecule has 2 N–H and O–H groups in total. The number of amides is 1. The van der Waals surface area contributed by atoms with Gasteiger partial charge in [-0.25, -0.2) is 13.9 Å². The number of hydrogen-bond donors (Lipinski definition) is 2. The van der Waals surface area contributed by atoms with Crippen LogP contribution in [0.5, 0.6) is 0 Å². The molecule has 0 saturated carbocycles. The average Bonchev–Trinajstić information content (AvgIpc) is 2.17. The maximum atomic E-state index is 11.9. The van der Waals surface area contributed by atoms with Crippen molar-refractivity contribution in [1.82, 2.24) is 9.79 Å². The SMILES string of the molecule is [CH2-]CN(C[CH2-])S(=O)(=O)C(C)(C)C(=O)NO.[CH3-].[Y+3]. The first-order chi connectivity index (χ1) is 6.75. The molecule has 0 unspecified atom stereocenters. The second-order valence-corrected chi connectivity index (χ2v) is 5.84. The molecule has 6 nitrogen and oxygen atoms in total. The molecule has 0 rings (SSSR count). The van der Waals surface area contributed by atoms with E-state index >= 15 is 0 Å². The van der Waals surface area contributed by atoms with Gasteiger partial charge in [0.15, 0.2) is 4.75 Å². The first-order valence-corrected chi connectivity index (χ1v) is 5.72. The Bertz CT molecular complexity index is 326. The van der Waals surface area contributed by atoms with E-state index in [0.717, 1.165) is 4.31 Å². The van der Waals surface area contributed by atoms with Crippen LogP contribution >= 0.6 is 0 Å². The molecule has 0 fully saturated rings. The summed E-state index contributed by atoms with van der Waals surface area (Å²) in [6.07, 6.45) is 0. The van der Waals surface area contributed by atoms with E-state index in [1.165, 1.54) is 19.3 Å². The Hall–Kier alpha value is 0.444. The fraction of sp³-hybridized carbons (Fsp3) is 0.556. The summed E-state index contributed by atoms with van der Waals surface area (Å²) in [6.45, 7) is 9.23. The van der Waals surface area contributed by atoms with Gasteiger partial charge in [-0.05, 0) is 13.8 Å². The summed E-state index contributed by atoms with van der Waals surface area (Å²) < 4.78 is 23.0. The van der Waals surface area contributed by atoms with E-state index in [0.29, 0.717) is 0 Å². The maximum absolute atomic E-state index is 11.9. The van der Waals surface area contributed by atoms with Crippen LogP contribution in [-0.4, -0.2) is 41.7 Å². The van der Waals surface area contributed by atoms with E-state index < -0.39 is 20.7 Å². The van der Waals surface area contributed by atoms with E-state index in [-0.39, 0.29) is 53.2 Å². The largest absolute Gasteiger partial charge is 3.00 e. The number of carbonyl (C=O) groups is 1. The van der Waals surface area contributed by atoms with Crippen molar-refractivity contribution in [2.75, 3.05) is 13.1 Å². The minimum atomic E-state index is -3.88. The van der Waals surface area contributed by atoms with Gasteiger partial charge in [0.05, 0.1) is 0 Å². The summed E-state index contributed by atoms with van der Waals surface area (Å²) in [7, 11) is -3.88. The third-order valence-electron chi connectivity index (χ3n) is 2.13. The summed E-state index contributed by atoms with van der Waals surface area (Å²) in [4.78, 5) is 11.2. The number of hydrogen-bond acceptors (Lipinski definition) is 4. The second kappa shape index (κ2) is 8.53. The predicted octanol–water partition coefficient (Wildman–Crippen LogP) is 0.0182. The van der Waals surface area contributed by atoms with Crippen molar-refractivity contribution in [2.24, 2.45) is 0 Å². The van der Waals surface area contributed by atoms with Crippen LogP contribution in [0.3, 0.4) is 0 Å². The summed E-state index contributed by atoms with van der Waals surface area (Å²) in [5.74, 6) is -0.991. The molecule has 0 aliphatic carbocycles. The molecule has 17 heavy (non-hydrogen) atoms. The van der Waals surface area contributed by atoms with Gasteiger partial charge in [0.25, 0.3) is 5.91 Å². The van der Waals surface area contributed by atoms with Gasteiger partial charge in [-0.1, -0.05) is 0 Å². The smallest absolute Gasteiger partial charge is 0.358 e. The standard InChI is InChI=1S/C8H16N2O4S.CH3.Y/c1-5-10(6-2)15(13,14)8(3,4)7(11)9-12;;/h12H,1-2,5-6H2,3-4H3,(H,9,11);1H3;/q-2;-1;+3. The number of hydroxylamine groups is 1. The molecule has 0 radical (unpaired) electrons. The number of nitrogens with zero attached hydrogens (tertiary/aromatic N) is 1. The van der Waals surface area contributed by atoms with Crippen LogP contribution in [0.15, 0.2) is 0 Å². The molecule has 0 heterocycles. The van der Waals surface area contributed by atoms with Crippen molar-refractivity contribution in [2.45, 2.75) is 18.6 Å². The molecule has 0 aliphatic rings. The van der Waals surface area contributed by atoms with Crippen LogP contribution in [-0.2, 0) is 47.5 Å². The molecular weight excluding hydrogens is 321 g/mol. The topological polar surface area (TPSA) is 86.7 Å². The minimum Gasteiger partial charge on any atom is -0.358 e. The normalized spacial score (nSPS) is 11.4. The molecule has 98 valence electrons. The Kier molecular flexibility index (Phi) is 11.3. The van der Waals surface area contributed by atoms with E-state index in [1.54, 1.807) is 0 Å². The van der Waals surface area contributed by atoms with Crippen molar-refractivity contribution in [3.63, 3.8) is 0 Å². The summed E-state index contributed by atoms with van der Waals surface area (Å²) in [5.41, 5.74) is 1.33. The van der Waals surface area contributed by atoms with Crippen LogP contribution in [0.4, 0.5) is 0 Å². The van der Waals surface area contributed by atoms with E-state index in [9.17, 15) is 13.2 Å². The first kappa shape index (κ1) is 22.6. The minimum absolute atomic E-state index is 0. The van der Waals surface area contributed by atoms with Crippen molar-refractivity contribution in [3.8, 4) is 0 Å². The zero-order chi connectivity index (χ0) is 12.3. The molecule has 8 heteroatoms. The van der Waals surface area contributed by atoms with E-state index in [4.69, 9.17) is 5.21 Å². The van der Waals surface area contributed by atoms with Crippen LogP contribution < -0.4 is 5.48 Å². The Morgan fingerprint density at radius 1 is 1.35 bits per heavy atom. The molecular formula is C9H19N2O4SY. The fourth-order valence-electron chi connectivity index (χ4n) is 0.927. The molecule has 0 aromatic carbocycles. The third kappa shape index (κ3) is 4.55. The van der Waals surface area contributed by atoms with E-state index in [2.05, 4.69) is 13.8 Å². The number of rotatable bonds is 5. The van der Waals surface area contributed by atoms with Crippen LogP contribution in [0, 0.1) is 21.3 Å². The molecule has 0 spiro atoms. The van der Waals surface area contributed by atoms with Gasteiger partial charge in [-0.2, -0.15) is 0 Å². The van der Waals surface area contributed by atoms with Gasteiger partial charge in [0.2, 0.25) is 10.0 Å². The first-order valence-electron chi connectivity index (χ1n) is 4.28.